The summed E-state index contributed by atoms with van der Waals surface area (Å²) in [5, 5.41) is 0. The van der Waals surface area contributed by atoms with Crippen LogP contribution in [-0.4, -0.2) is 22.2 Å². The smallest absolute Gasteiger partial charge is 0.138 e. The third-order valence-electron chi connectivity index (χ3n) is 7.94. The summed E-state index contributed by atoms with van der Waals surface area (Å²) < 4.78 is 0. The summed E-state index contributed by atoms with van der Waals surface area (Å²) in [6, 6.07) is 20.7. The van der Waals surface area contributed by atoms with Crippen LogP contribution in [0.5, 0.6) is 0 Å². The Morgan fingerprint density at radius 3 is 2.23 bits per heavy atom. The van der Waals surface area contributed by atoms with Crippen molar-refractivity contribution in [3.8, 4) is 0 Å². The first-order valence-electron chi connectivity index (χ1n) is 13.3. The van der Waals surface area contributed by atoms with Crippen LogP contribution < -0.4 is 4.90 Å². The molecule has 3 aromatic rings. The van der Waals surface area contributed by atoms with Crippen molar-refractivity contribution >= 4 is 29.1 Å². The van der Waals surface area contributed by atoms with E-state index in [4.69, 9.17) is 4.99 Å². The molecular formula is C35H24N4. The standard InChI is InChI=1S/C35H24N4/c1-3-19-36-31(7-1)39(32-8-2-4-20-37-32)27-14-9-23(10-15-27)28-16-11-24-12-18-30-34-25(13-17-29(28)33(24)34)22-26-6-5-21-38-35(26)30/h1-22,33,35H. The molecule has 0 fully saturated rings. The first-order chi connectivity index (χ1) is 19.3. The zero-order valence-corrected chi connectivity index (χ0v) is 21.1. The molecule has 0 amide bonds. The number of benzene rings is 1. The van der Waals surface area contributed by atoms with Gasteiger partial charge in [-0.15, -0.1) is 0 Å². The number of hydrogen-bond donors (Lipinski definition) is 0. The predicted octanol–water partition coefficient (Wildman–Crippen LogP) is 7.57. The van der Waals surface area contributed by atoms with Gasteiger partial charge in [0.2, 0.25) is 0 Å². The zero-order valence-electron chi connectivity index (χ0n) is 21.1. The molecule has 1 aromatic carbocycles. The number of pyridine rings is 2. The highest BCUT2D eigenvalue weighted by atomic mass is 15.2. The third kappa shape index (κ3) is 3.49. The molecule has 2 unspecified atom stereocenters. The number of rotatable bonds is 4. The summed E-state index contributed by atoms with van der Waals surface area (Å²) in [5.74, 6) is 1.90. The maximum Gasteiger partial charge on any atom is 0.138 e. The minimum absolute atomic E-state index is 0.0946. The molecule has 184 valence electrons. The molecule has 39 heavy (non-hydrogen) atoms. The molecular weight excluding hydrogens is 476 g/mol. The average molecular weight is 501 g/mol. The van der Waals surface area contributed by atoms with Crippen LogP contribution in [0, 0.1) is 5.92 Å². The normalized spacial score (nSPS) is 21.7. The van der Waals surface area contributed by atoms with Gasteiger partial charge in [-0.05, 0) is 93.1 Å². The Labute approximate surface area is 227 Å². The fourth-order valence-corrected chi connectivity index (χ4v) is 6.22. The molecule has 0 saturated carbocycles. The maximum atomic E-state index is 4.83. The minimum Gasteiger partial charge on any atom is -0.280 e. The zero-order chi connectivity index (χ0) is 25.8. The van der Waals surface area contributed by atoms with Gasteiger partial charge in [-0.1, -0.05) is 66.8 Å². The van der Waals surface area contributed by atoms with Gasteiger partial charge in [0.15, 0.2) is 0 Å². The van der Waals surface area contributed by atoms with Gasteiger partial charge >= 0.3 is 0 Å². The van der Waals surface area contributed by atoms with Gasteiger partial charge in [-0.2, -0.15) is 0 Å². The maximum absolute atomic E-state index is 4.83. The van der Waals surface area contributed by atoms with Crippen LogP contribution >= 0.6 is 0 Å². The van der Waals surface area contributed by atoms with Crippen LogP contribution in [-0.2, 0) is 0 Å². The van der Waals surface area contributed by atoms with Crippen molar-refractivity contribution in [3.63, 3.8) is 0 Å². The van der Waals surface area contributed by atoms with E-state index >= 15 is 0 Å². The predicted molar refractivity (Wildman–Crippen MR) is 158 cm³/mol. The molecule has 4 aliphatic carbocycles. The first-order valence-corrected chi connectivity index (χ1v) is 13.3. The van der Waals surface area contributed by atoms with E-state index in [2.05, 4.69) is 87.7 Å². The van der Waals surface area contributed by atoms with E-state index in [-0.39, 0.29) is 12.0 Å². The quantitative estimate of drug-likeness (QED) is 0.371. The Morgan fingerprint density at radius 1 is 0.692 bits per heavy atom. The second kappa shape index (κ2) is 8.74. The number of dihydropyridines is 1. The molecule has 0 saturated heterocycles. The van der Waals surface area contributed by atoms with E-state index in [9.17, 15) is 0 Å². The van der Waals surface area contributed by atoms with Crippen molar-refractivity contribution in [3.05, 3.63) is 167 Å². The van der Waals surface area contributed by atoms with E-state index < -0.39 is 0 Å². The molecule has 1 aliphatic heterocycles. The van der Waals surface area contributed by atoms with Gasteiger partial charge in [-0.3, -0.25) is 9.89 Å². The van der Waals surface area contributed by atoms with E-state index in [0.29, 0.717) is 0 Å². The summed E-state index contributed by atoms with van der Waals surface area (Å²) >= 11 is 0. The summed E-state index contributed by atoms with van der Waals surface area (Å²) in [4.78, 5) is 16.1. The lowest BCUT2D eigenvalue weighted by molar-refractivity contribution is 0.786. The highest BCUT2D eigenvalue weighted by molar-refractivity contribution is 5.87. The number of nitrogens with zero attached hydrogens (tertiary/aromatic N) is 4. The van der Waals surface area contributed by atoms with Crippen molar-refractivity contribution < 1.29 is 0 Å². The molecule has 4 nitrogen and oxygen atoms in total. The third-order valence-corrected chi connectivity index (χ3v) is 7.94. The van der Waals surface area contributed by atoms with Crippen molar-refractivity contribution in [2.24, 2.45) is 10.9 Å². The van der Waals surface area contributed by atoms with Crippen LogP contribution in [0.25, 0.3) is 5.57 Å². The Bertz CT molecular complexity index is 1740. The van der Waals surface area contributed by atoms with E-state index in [1.807, 2.05) is 61.1 Å². The molecule has 4 heteroatoms. The van der Waals surface area contributed by atoms with Gasteiger partial charge in [0.1, 0.15) is 17.7 Å². The fraction of sp³-hybridized carbons (Fsp3) is 0.0571. The number of fused-ring (bicyclic) bond motifs is 2. The lowest BCUT2D eigenvalue weighted by atomic mass is 9.65. The minimum atomic E-state index is 0.0946. The van der Waals surface area contributed by atoms with Gasteiger partial charge in [0, 0.05) is 30.2 Å². The van der Waals surface area contributed by atoms with Crippen molar-refractivity contribution in [2.75, 3.05) is 4.90 Å². The highest BCUT2D eigenvalue weighted by Crippen LogP contribution is 2.51. The van der Waals surface area contributed by atoms with Crippen molar-refractivity contribution in [1.29, 1.82) is 0 Å². The monoisotopic (exact) mass is 500 g/mol. The second-order valence-electron chi connectivity index (χ2n) is 10.1. The lowest BCUT2D eigenvalue weighted by Crippen LogP contribution is -2.29. The van der Waals surface area contributed by atoms with Crippen molar-refractivity contribution in [1.82, 2.24) is 9.97 Å². The Balaban J connectivity index is 1.20. The molecule has 0 spiro atoms. The van der Waals surface area contributed by atoms with Gasteiger partial charge in [-0.25, -0.2) is 9.97 Å². The van der Waals surface area contributed by atoms with Crippen LogP contribution in [0.15, 0.2) is 166 Å². The Kier molecular flexibility index (Phi) is 4.92. The molecule has 0 bridgehead atoms. The van der Waals surface area contributed by atoms with Crippen LogP contribution in [0.4, 0.5) is 17.3 Å². The molecule has 2 aromatic heterocycles. The van der Waals surface area contributed by atoms with Crippen LogP contribution in [0.1, 0.15) is 5.56 Å². The van der Waals surface area contributed by atoms with Crippen LogP contribution in [0.3, 0.4) is 0 Å². The van der Waals surface area contributed by atoms with Crippen LogP contribution in [0.2, 0.25) is 0 Å². The molecule has 8 rings (SSSR count). The summed E-state index contributed by atoms with van der Waals surface area (Å²) in [6.45, 7) is 0. The number of aliphatic imine (C=N–C) groups is 1. The number of anilines is 3. The fourth-order valence-electron chi connectivity index (χ4n) is 6.22. The summed E-state index contributed by atoms with van der Waals surface area (Å²) in [6.07, 6.45) is 25.8. The molecule has 0 N–H and O–H groups in total. The van der Waals surface area contributed by atoms with Gasteiger partial charge < -0.3 is 0 Å². The Morgan fingerprint density at radius 2 is 1.49 bits per heavy atom. The van der Waals surface area contributed by atoms with Gasteiger partial charge in [0.05, 0.1) is 0 Å². The highest BCUT2D eigenvalue weighted by Gasteiger charge is 2.38. The molecule has 3 heterocycles. The van der Waals surface area contributed by atoms with E-state index in [1.54, 1.807) is 0 Å². The Hall–Kier alpha value is -5.09. The molecule has 5 aliphatic rings. The van der Waals surface area contributed by atoms with E-state index in [0.717, 1.165) is 17.3 Å². The van der Waals surface area contributed by atoms with Crippen molar-refractivity contribution in [2.45, 2.75) is 6.04 Å². The molecule has 2 atom stereocenters. The SMILES string of the molecule is C1=CC2=CC3=C4C(=CC=C5C=CC(c6ccc(N(c7ccccn7)c7ccccn7)cc6)=C(C=C3)C54)C2N=C1. The summed E-state index contributed by atoms with van der Waals surface area (Å²) in [5.41, 5.74) is 11.5. The van der Waals surface area contributed by atoms with E-state index in [1.165, 1.54) is 44.6 Å². The van der Waals surface area contributed by atoms with Gasteiger partial charge in [0.25, 0.3) is 0 Å². The largest absolute Gasteiger partial charge is 0.280 e. The lowest BCUT2D eigenvalue weighted by Gasteiger charge is -2.39. The second-order valence-corrected chi connectivity index (χ2v) is 10.1. The average Bonchev–Trinajstić information content (AvgIpc) is 3.01. The number of allylic oxidation sites excluding steroid dienone is 12. The molecule has 0 radical (unpaired) electrons. The number of aromatic nitrogens is 2. The number of hydrogen-bond acceptors (Lipinski definition) is 4. The summed E-state index contributed by atoms with van der Waals surface area (Å²) in [7, 11) is 0. The topological polar surface area (TPSA) is 41.4 Å². The first kappa shape index (κ1) is 21.9.